The summed E-state index contributed by atoms with van der Waals surface area (Å²) in [4.78, 5) is 24.6. The Hall–Kier alpha value is -1.97. The van der Waals surface area contributed by atoms with Crippen LogP contribution in [0.3, 0.4) is 0 Å². The first-order valence-electron chi connectivity index (χ1n) is 7.89. The van der Waals surface area contributed by atoms with Gasteiger partial charge in [-0.1, -0.05) is 6.92 Å². The molecule has 0 aliphatic carbocycles. The average molecular weight is 370 g/mol. The van der Waals surface area contributed by atoms with Crippen molar-refractivity contribution in [1.29, 1.82) is 0 Å². The van der Waals surface area contributed by atoms with Gasteiger partial charge in [-0.15, -0.1) is 0 Å². The number of sulfonamides is 1. The average Bonchev–Trinajstić information content (AvgIpc) is 2.61. The highest BCUT2D eigenvalue weighted by Gasteiger charge is 2.26. The predicted octanol–water partition coefficient (Wildman–Crippen LogP) is 0.500. The van der Waals surface area contributed by atoms with Crippen molar-refractivity contribution in [2.75, 3.05) is 39.9 Å². The maximum atomic E-state index is 12.5. The second-order valence-corrected chi connectivity index (χ2v) is 7.90. The van der Waals surface area contributed by atoms with E-state index in [1.54, 1.807) is 0 Å². The first-order valence-corrected chi connectivity index (χ1v) is 9.33. The van der Waals surface area contributed by atoms with Gasteiger partial charge in [0.15, 0.2) is 0 Å². The summed E-state index contributed by atoms with van der Waals surface area (Å²) in [5, 5.41) is 8.91. The van der Waals surface area contributed by atoms with Gasteiger partial charge in [-0.25, -0.2) is 8.42 Å². The molecule has 25 heavy (non-hydrogen) atoms. The number of carbonyl (C=O) groups excluding carboxylic acids is 1. The Morgan fingerprint density at radius 3 is 2.32 bits per heavy atom. The second kappa shape index (κ2) is 7.94. The zero-order chi connectivity index (χ0) is 18.6. The summed E-state index contributed by atoms with van der Waals surface area (Å²) in [5.41, 5.74) is 0.306. The van der Waals surface area contributed by atoms with E-state index in [9.17, 15) is 18.0 Å². The van der Waals surface area contributed by atoms with Crippen molar-refractivity contribution in [3.63, 3.8) is 0 Å². The van der Waals surface area contributed by atoms with Gasteiger partial charge in [-0.05, 0) is 24.3 Å². The van der Waals surface area contributed by atoms with Crippen molar-refractivity contribution in [3.05, 3.63) is 29.8 Å². The van der Waals surface area contributed by atoms with Crippen LogP contribution in [0.15, 0.2) is 29.2 Å². The number of hydrogen-bond donors (Lipinski definition) is 1. The van der Waals surface area contributed by atoms with Gasteiger partial charge in [-0.3, -0.25) is 9.59 Å². The molecule has 138 valence electrons. The smallest absolute Gasteiger partial charge is 0.308 e. The zero-order valence-electron chi connectivity index (χ0n) is 14.2. The fourth-order valence-corrected chi connectivity index (χ4v) is 3.91. The Bertz CT molecular complexity index is 725. The number of amides is 1. The Kier molecular flexibility index (Phi) is 6.15. The van der Waals surface area contributed by atoms with Gasteiger partial charge < -0.3 is 14.7 Å². The number of hydrogen-bond acceptors (Lipinski definition) is 5. The molecule has 1 saturated heterocycles. The molecule has 1 heterocycles. The molecule has 8 nitrogen and oxygen atoms in total. The van der Waals surface area contributed by atoms with Crippen molar-refractivity contribution in [2.24, 2.45) is 5.92 Å². The van der Waals surface area contributed by atoms with Crippen LogP contribution in [0.5, 0.6) is 0 Å². The maximum absolute atomic E-state index is 12.5. The number of nitrogens with zero attached hydrogens (tertiary/aromatic N) is 2. The molecule has 1 aliphatic rings. The predicted molar refractivity (Wildman–Crippen MR) is 89.8 cm³/mol. The van der Waals surface area contributed by atoms with Crippen LogP contribution in [-0.2, 0) is 19.6 Å². The van der Waals surface area contributed by atoms with E-state index in [1.165, 1.54) is 47.4 Å². The molecular formula is C16H22N2O6S. The number of aliphatic carboxylic acids is 1. The third-order valence-corrected chi connectivity index (χ3v) is 5.94. The van der Waals surface area contributed by atoms with E-state index < -0.39 is 21.9 Å². The number of morpholine rings is 1. The lowest BCUT2D eigenvalue weighted by Crippen LogP contribution is -2.40. The second-order valence-electron chi connectivity index (χ2n) is 5.97. The van der Waals surface area contributed by atoms with E-state index in [0.29, 0.717) is 31.9 Å². The number of carbonyl (C=O) groups is 2. The molecule has 1 amide bonds. The van der Waals surface area contributed by atoms with Gasteiger partial charge in [0.2, 0.25) is 10.0 Å². The topological polar surface area (TPSA) is 104 Å². The molecule has 0 spiro atoms. The first kappa shape index (κ1) is 19.4. The molecule has 1 unspecified atom stereocenters. The number of rotatable bonds is 6. The molecule has 9 heteroatoms. The third kappa shape index (κ3) is 4.56. The minimum Gasteiger partial charge on any atom is -0.481 e. The van der Waals surface area contributed by atoms with Crippen LogP contribution in [0.1, 0.15) is 17.3 Å². The molecule has 1 aromatic carbocycles. The normalized spacial score (nSPS) is 17.0. The van der Waals surface area contributed by atoms with Gasteiger partial charge in [0.1, 0.15) is 0 Å². The van der Waals surface area contributed by atoms with Crippen LogP contribution in [0, 0.1) is 5.92 Å². The lowest BCUT2D eigenvalue weighted by atomic mass is 10.1. The first-order chi connectivity index (χ1) is 11.7. The molecule has 0 bridgehead atoms. The molecule has 1 N–H and O–H groups in total. The summed E-state index contributed by atoms with van der Waals surface area (Å²) in [6, 6.07) is 5.67. The fourth-order valence-electron chi connectivity index (χ4n) is 2.50. The van der Waals surface area contributed by atoms with E-state index in [1.807, 2.05) is 0 Å². The SMILES string of the molecule is CC(CN(C)C(=O)c1ccc(S(=O)(=O)N2CCOCC2)cc1)C(=O)O. The van der Waals surface area contributed by atoms with Crippen LogP contribution in [0.4, 0.5) is 0 Å². The lowest BCUT2D eigenvalue weighted by molar-refractivity contribution is -0.141. The zero-order valence-corrected chi connectivity index (χ0v) is 15.0. The highest BCUT2D eigenvalue weighted by Crippen LogP contribution is 2.18. The monoisotopic (exact) mass is 370 g/mol. The van der Waals surface area contributed by atoms with Gasteiger partial charge in [-0.2, -0.15) is 4.31 Å². The Balaban J connectivity index is 2.11. The minimum atomic E-state index is -3.60. The summed E-state index contributed by atoms with van der Waals surface area (Å²) in [5.74, 6) is -2.02. The Morgan fingerprint density at radius 1 is 1.24 bits per heavy atom. The van der Waals surface area contributed by atoms with Crippen LogP contribution < -0.4 is 0 Å². The van der Waals surface area contributed by atoms with Gasteiger partial charge in [0, 0.05) is 32.2 Å². The summed E-state index contributed by atoms with van der Waals surface area (Å²) in [6.45, 7) is 2.93. The van der Waals surface area contributed by atoms with Gasteiger partial charge in [0.05, 0.1) is 24.0 Å². The van der Waals surface area contributed by atoms with Crippen molar-refractivity contribution in [2.45, 2.75) is 11.8 Å². The number of carboxylic acids is 1. The largest absolute Gasteiger partial charge is 0.481 e. The van der Waals surface area contributed by atoms with Crippen LogP contribution in [-0.4, -0.2) is 74.5 Å². The van der Waals surface area contributed by atoms with Crippen molar-refractivity contribution in [1.82, 2.24) is 9.21 Å². The molecular weight excluding hydrogens is 348 g/mol. The standard InChI is InChI=1S/C16H22N2O6S/c1-12(16(20)21)11-17(2)15(19)13-3-5-14(6-4-13)25(22,23)18-7-9-24-10-8-18/h3-6,12H,7-11H2,1-2H3,(H,20,21). The molecule has 1 fully saturated rings. The van der Waals surface area contributed by atoms with E-state index in [-0.39, 0.29) is 17.3 Å². The van der Waals surface area contributed by atoms with Gasteiger partial charge in [0.25, 0.3) is 5.91 Å². The Labute approximate surface area is 147 Å². The van der Waals surface area contributed by atoms with Crippen LogP contribution in [0.2, 0.25) is 0 Å². The molecule has 2 rings (SSSR count). The maximum Gasteiger partial charge on any atom is 0.308 e. The fraction of sp³-hybridized carbons (Fsp3) is 0.500. The number of carboxylic acid groups (broad SMARTS) is 1. The van der Waals surface area contributed by atoms with E-state index in [2.05, 4.69) is 0 Å². The van der Waals surface area contributed by atoms with Crippen molar-refractivity contribution < 1.29 is 27.9 Å². The molecule has 1 atom stereocenters. The van der Waals surface area contributed by atoms with E-state index >= 15 is 0 Å². The molecule has 1 aromatic rings. The highest BCUT2D eigenvalue weighted by atomic mass is 32.2. The highest BCUT2D eigenvalue weighted by molar-refractivity contribution is 7.89. The van der Waals surface area contributed by atoms with Crippen molar-refractivity contribution >= 4 is 21.9 Å². The number of benzene rings is 1. The van der Waals surface area contributed by atoms with Crippen LogP contribution >= 0.6 is 0 Å². The van der Waals surface area contributed by atoms with Crippen molar-refractivity contribution in [3.8, 4) is 0 Å². The van der Waals surface area contributed by atoms with E-state index in [0.717, 1.165) is 0 Å². The van der Waals surface area contributed by atoms with Gasteiger partial charge >= 0.3 is 5.97 Å². The third-order valence-electron chi connectivity index (χ3n) is 4.03. The summed E-state index contributed by atoms with van der Waals surface area (Å²) < 4.78 is 31.6. The van der Waals surface area contributed by atoms with Crippen LogP contribution in [0.25, 0.3) is 0 Å². The summed E-state index contributed by atoms with van der Waals surface area (Å²) in [6.07, 6.45) is 0. The molecule has 0 aromatic heterocycles. The van der Waals surface area contributed by atoms with E-state index in [4.69, 9.17) is 9.84 Å². The molecule has 0 radical (unpaired) electrons. The lowest BCUT2D eigenvalue weighted by Gasteiger charge is -2.26. The summed E-state index contributed by atoms with van der Waals surface area (Å²) in [7, 11) is -2.09. The minimum absolute atomic E-state index is 0.0714. The quantitative estimate of drug-likeness (QED) is 0.782. The summed E-state index contributed by atoms with van der Waals surface area (Å²) >= 11 is 0. The number of ether oxygens (including phenoxy) is 1. The Morgan fingerprint density at radius 2 is 1.80 bits per heavy atom. The molecule has 1 aliphatic heterocycles. The molecule has 0 saturated carbocycles.